The number of nitrogens with zero attached hydrogens (tertiary/aromatic N) is 1. The molecule has 2 rings (SSSR count). The molecule has 100 valence electrons. The minimum Gasteiger partial charge on any atom is -0.380 e. The zero-order valence-electron chi connectivity index (χ0n) is 11.2. The Morgan fingerprint density at radius 1 is 1.21 bits per heavy atom. The molecule has 0 amide bonds. The summed E-state index contributed by atoms with van der Waals surface area (Å²) in [5.41, 5.74) is 3.27. The maximum absolute atomic E-state index is 10.7. The summed E-state index contributed by atoms with van der Waals surface area (Å²) in [7, 11) is 0. The molecule has 0 unspecified atom stereocenters. The lowest BCUT2D eigenvalue weighted by atomic mass is 10.2. The quantitative estimate of drug-likeness (QED) is 0.672. The molecule has 0 radical (unpaired) electrons. The van der Waals surface area contributed by atoms with Crippen molar-refractivity contribution in [2.75, 3.05) is 5.32 Å². The van der Waals surface area contributed by atoms with E-state index >= 15 is 0 Å². The number of rotatable bonds is 4. The zero-order valence-corrected chi connectivity index (χ0v) is 12.0. The number of aryl methyl sites for hydroxylation is 3. The van der Waals surface area contributed by atoms with Crippen LogP contribution in [0.1, 0.15) is 20.9 Å². The van der Waals surface area contributed by atoms with Crippen LogP contribution < -0.4 is 5.32 Å². The highest BCUT2D eigenvalue weighted by Gasteiger charge is 2.08. The molecule has 1 heterocycles. The molecule has 0 bridgehead atoms. The van der Waals surface area contributed by atoms with Crippen LogP contribution in [-0.4, -0.2) is 4.92 Å². The van der Waals surface area contributed by atoms with Crippen LogP contribution in [0.3, 0.4) is 0 Å². The van der Waals surface area contributed by atoms with Crippen LogP contribution >= 0.6 is 11.3 Å². The van der Waals surface area contributed by atoms with Crippen molar-refractivity contribution in [1.29, 1.82) is 0 Å². The van der Waals surface area contributed by atoms with Crippen molar-refractivity contribution in [2.45, 2.75) is 27.3 Å². The van der Waals surface area contributed by atoms with Crippen LogP contribution in [0.4, 0.5) is 11.4 Å². The lowest BCUT2D eigenvalue weighted by molar-refractivity contribution is -0.384. The third kappa shape index (κ3) is 3.12. The number of non-ortho nitro benzene ring substituents is 1. The van der Waals surface area contributed by atoms with Crippen molar-refractivity contribution in [3.05, 3.63) is 55.3 Å². The smallest absolute Gasteiger partial charge is 0.269 e. The summed E-state index contributed by atoms with van der Waals surface area (Å²) in [5, 5.41) is 14.0. The zero-order chi connectivity index (χ0) is 14.0. The molecule has 0 aliphatic heterocycles. The minimum absolute atomic E-state index is 0.130. The number of nitro benzene ring substituents is 1. The van der Waals surface area contributed by atoms with E-state index < -0.39 is 0 Å². The van der Waals surface area contributed by atoms with E-state index in [1.54, 1.807) is 23.5 Å². The normalized spacial score (nSPS) is 10.5. The van der Waals surface area contributed by atoms with Gasteiger partial charge in [-0.05, 0) is 44.0 Å². The third-order valence-corrected chi connectivity index (χ3v) is 4.24. The predicted octanol–water partition coefficient (Wildman–Crippen LogP) is 4.19. The molecule has 4 nitrogen and oxygen atoms in total. The molecule has 0 aliphatic carbocycles. The van der Waals surface area contributed by atoms with Gasteiger partial charge in [0.1, 0.15) is 0 Å². The minimum atomic E-state index is -0.372. The van der Waals surface area contributed by atoms with E-state index in [4.69, 9.17) is 0 Å². The van der Waals surface area contributed by atoms with E-state index in [1.807, 2.05) is 6.92 Å². The molecule has 0 atom stereocenters. The van der Waals surface area contributed by atoms with Gasteiger partial charge in [-0.25, -0.2) is 0 Å². The van der Waals surface area contributed by atoms with E-state index in [1.165, 1.54) is 21.4 Å². The van der Waals surface area contributed by atoms with Gasteiger partial charge in [0.05, 0.1) is 4.92 Å². The summed E-state index contributed by atoms with van der Waals surface area (Å²) in [6.07, 6.45) is 0. The standard InChI is InChI=1S/C14H16N2O2S/c1-9-7-13(19-11(9)3)8-15-14-5-4-12(16(17)18)6-10(14)2/h4-7,15H,8H2,1-3H3. The number of benzene rings is 1. The molecule has 1 N–H and O–H groups in total. The van der Waals surface area contributed by atoms with Crippen molar-refractivity contribution in [2.24, 2.45) is 0 Å². The largest absolute Gasteiger partial charge is 0.380 e. The fourth-order valence-corrected chi connectivity index (χ4v) is 2.87. The molecule has 5 heteroatoms. The van der Waals surface area contributed by atoms with Crippen molar-refractivity contribution in [1.82, 2.24) is 0 Å². The Kier molecular flexibility index (Phi) is 3.85. The van der Waals surface area contributed by atoms with E-state index in [2.05, 4.69) is 25.2 Å². The molecule has 2 aromatic rings. The molecule has 0 saturated heterocycles. The highest BCUT2D eigenvalue weighted by atomic mass is 32.1. The van der Waals surface area contributed by atoms with Gasteiger partial charge in [0.15, 0.2) is 0 Å². The first-order valence-electron chi connectivity index (χ1n) is 6.02. The van der Waals surface area contributed by atoms with Crippen LogP contribution in [0.5, 0.6) is 0 Å². The Morgan fingerprint density at radius 3 is 2.47 bits per heavy atom. The van der Waals surface area contributed by atoms with Gasteiger partial charge in [0.25, 0.3) is 5.69 Å². The monoisotopic (exact) mass is 276 g/mol. The van der Waals surface area contributed by atoms with Crippen molar-refractivity contribution in [3.8, 4) is 0 Å². The number of thiophene rings is 1. The van der Waals surface area contributed by atoms with E-state index in [0.29, 0.717) is 0 Å². The van der Waals surface area contributed by atoms with Gasteiger partial charge in [0, 0.05) is 34.1 Å². The second-order valence-electron chi connectivity index (χ2n) is 4.56. The highest BCUT2D eigenvalue weighted by Crippen LogP contribution is 2.24. The SMILES string of the molecule is Cc1cc([N+](=O)[O-])ccc1NCc1cc(C)c(C)s1. The molecular formula is C14H16N2O2S. The van der Waals surface area contributed by atoms with E-state index in [0.717, 1.165) is 17.8 Å². The maximum atomic E-state index is 10.7. The van der Waals surface area contributed by atoms with E-state index in [9.17, 15) is 10.1 Å². The second kappa shape index (κ2) is 5.40. The Bertz CT molecular complexity index is 600. The number of hydrogen-bond donors (Lipinski definition) is 1. The van der Waals surface area contributed by atoms with Gasteiger partial charge in [-0.1, -0.05) is 0 Å². The van der Waals surface area contributed by atoms with Crippen molar-refractivity contribution in [3.63, 3.8) is 0 Å². The molecular weight excluding hydrogens is 260 g/mol. The fourth-order valence-electron chi connectivity index (χ4n) is 1.88. The van der Waals surface area contributed by atoms with Gasteiger partial charge in [-0.3, -0.25) is 10.1 Å². The summed E-state index contributed by atoms with van der Waals surface area (Å²) >= 11 is 1.78. The molecule has 0 aliphatic rings. The number of hydrogen-bond acceptors (Lipinski definition) is 4. The summed E-state index contributed by atoms with van der Waals surface area (Å²) in [6.45, 7) is 6.84. The van der Waals surface area contributed by atoms with Gasteiger partial charge in [0.2, 0.25) is 0 Å². The van der Waals surface area contributed by atoms with Gasteiger partial charge < -0.3 is 5.32 Å². The Morgan fingerprint density at radius 2 is 1.95 bits per heavy atom. The lowest BCUT2D eigenvalue weighted by Crippen LogP contribution is -2.00. The van der Waals surface area contributed by atoms with Crippen LogP contribution in [0.2, 0.25) is 0 Å². The molecule has 0 saturated carbocycles. The summed E-state index contributed by atoms with van der Waals surface area (Å²) < 4.78 is 0. The maximum Gasteiger partial charge on any atom is 0.269 e. The third-order valence-electron chi connectivity index (χ3n) is 3.09. The summed E-state index contributed by atoms with van der Waals surface area (Å²) in [6, 6.07) is 7.06. The molecule has 1 aromatic heterocycles. The topological polar surface area (TPSA) is 55.2 Å². The van der Waals surface area contributed by atoms with E-state index in [-0.39, 0.29) is 10.6 Å². The predicted molar refractivity (Wildman–Crippen MR) is 79.0 cm³/mol. The number of nitrogens with one attached hydrogen (secondary N) is 1. The van der Waals surface area contributed by atoms with Crippen LogP contribution in [0, 0.1) is 30.9 Å². The first-order valence-corrected chi connectivity index (χ1v) is 6.84. The van der Waals surface area contributed by atoms with Crippen molar-refractivity contribution >= 4 is 22.7 Å². The average molecular weight is 276 g/mol. The summed E-state index contributed by atoms with van der Waals surface area (Å²) in [4.78, 5) is 12.9. The van der Waals surface area contributed by atoms with Crippen molar-refractivity contribution < 1.29 is 4.92 Å². The number of nitro groups is 1. The Hall–Kier alpha value is -1.88. The average Bonchev–Trinajstić information content (AvgIpc) is 2.67. The van der Waals surface area contributed by atoms with Crippen LogP contribution in [0.15, 0.2) is 24.3 Å². The summed E-state index contributed by atoms with van der Waals surface area (Å²) in [5.74, 6) is 0. The molecule has 19 heavy (non-hydrogen) atoms. The van der Waals surface area contributed by atoms with Gasteiger partial charge >= 0.3 is 0 Å². The van der Waals surface area contributed by atoms with Gasteiger partial charge in [-0.2, -0.15) is 0 Å². The Balaban J connectivity index is 2.09. The highest BCUT2D eigenvalue weighted by molar-refractivity contribution is 7.12. The lowest BCUT2D eigenvalue weighted by Gasteiger charge is -2.08. The van der Waals surface area contributed by atoms with Crippen LogP contribution in [0.25, 0.3) is 0 Å². The first-order chi connectivity index (χ1) is 8.97. The molecule has 0 spiro atoms. The fraction of sp³-hybridized carbons (Fsp3) is 0.286. The second-order valence-corrected chi connectivity index (χ2v) is 5.90. The number of anilines is 1. The molecule has 0 fully saturated rings. The van der Waals surface area contributed by atoms with Crippen LogP contribution in [-0.2, 0) is 6.54 Å². The molecule has 1 aromatic carbocycles. The first kappa shape index (κ1) is 13.5. The van der Waals surface area contributed by atoms with Gasteiger partial charge in [-0.15, -0.1) is 11.3 Å². The Labute approximate surface area is 116 Å².